The molecule has 0 spiro atoms. The Hall–Kier alpha value is -2.38. The Balaban J connectivity index is 2.20. The van der Waals surface area contributed by atoms with Crippen molar-refractivity contribution in [3.05, 3.63) is 59.7 Å². The van der Waals surface area contributed by atoms with E-state index in [9.17, 15) is 13.9 Å². The monoisotopic (exact) mass is 302 g/mol. The van der Waals surface area contributed by atoms with E-state index in [1.165, 1.54) is 6.07 Å². The molecule has 0 heterocycles. The van der Waals surface area contributed by atoms with Crippen molar-refractivity contribution in [3.8, 4) is 23.8 Å². The van der Waals surface area contributed by atoms with Gasteiger partial charge in [-0.15, -0.1) is 6.42 Å². The van der Waals surface area contributed by atoms with E-state index in [-0.39, 0.29) is 5.75 Å². The standard InChI is InChI=1S/C18H16F2O2/c1-3-11-18(21,4-2)13-5-8-15(9-6-13)22-17-10-7-14(19)12-16(17)20/h2,5-10,12,21H,3,11H2,1H3. The lowest BCUT2D eigenvalue weighted by molar-refractivity contribution is 0.0895. The van der Waals surface area contributed by atoms with Crippen LogP contribution in [0.2, 0.25) is 0 Å². The lowest BCUT2D eigenvalue weighted by Crippen LogP contribution is -2.22. The first-order chi connectivity index (χ1) is 10.5. The fourth-order valence-electron chi connectivity index (χ4n) is 2.15. The van der Waals surface area contributed by atoms with Crippen molar-refractivity contribution in [1.82, 2.24) is 0 Å². The van der Waals surface area contributed by atoms with E-state index >= 15 is 0 Å². The first-order valence-corrected chi connectivity index (χ1v) is 6.92. The van der Waals surface area contributed by atoms with Crippen LogP contribution in [0.25, 0.3) is 0 Å². The highest BCUT2D eigenvalue weighted by molar-refractivity contribution is 5.38. The highest BCUT2D eigenvalue weighted by Crippen LogP contribution is 2.30. The second kappa shape index (κ2) is 6.59. The van der Waals surface area contributed by atoms with Gasteiger partial charge in [-0.3, -0.25) is 0 Å². The van der Waals surface area contributed by atoms with Crippen molar-refractivity contribution in [2.24, 2.45) is 0 Å². The zero-order valence-corrected chi connectivity index (χ0v) is 12.1. The minimum Gasteiger partial charge on any atom is -0.454 e. The first kappa shape index (κ1) is 16.0. The van der Waals surface area contributed by atoms with Gasteiger partial charge in [-0.05, 0) is 36.2 Å². The molecule has 0 aliphatic rings. The largest absolute Gasteiger partial charge is 0.454 e. The number of ether oxygens (including phenoxy) is 1. The molecule has 0 aliphatic carbocycles. The number of benzene rings is 2. The van der Waals surface area contributed by atoms with E-state index in [1.807, 2.05) is 6.92 Å². The van der Waals surface area contributed by atoms with Gasteiger partial charge in [0.1, 0.15) is 11.6 Å². The summed E-state index contributed by atoms with van der Waals surface area (Å²) in [7, 11) is 0. The molecule has 0 bridgehead atoms. The summed E-state index contributed by atoms with van der Waals surface area (Å²) >= 11 is 0. The zero-order valence-electron chi connectivity index (χ0n) is 12.1. The van der Waals surface area contributed by atoms with Crippen molar-refractivity contribution in [1.29, 1.82) is 0 Å². The van der Waals surface area contributed by atoms with E-state index in [4.69, 9.17) is 11.2 Å². The van der Waals surface area contributed by atoms with Crippen molar-refractivity contribution < 1.29 is 18.6 Å². The van der Waals surface area contributed by atoms with Crippen LogP contribution in [-0.4, -0.2) is 5.11 Å². The third-order valence-electron chi connectivity index (χ3n) is 3.30. The summed E-state index contributed by atoms with van der Waals surface area (Å²) in [4.78, 5) is 0. The summed E-state index contributed by atoms with van der Waals surface area (Å²) in [5.74, 6) is 1.23. The van der Waals surface area contributed by atoms with Gasteiger partial charge < -0.3 is 9.84 Å². The number of halogens is 2. The van der Waals surface area contributed by atoms with Gasteiger partial charge in [-0.2, -0.15) is 0 Å². The molecule has 22 heavy (non-hydrogen) atoms. The number of hydrogen-bond donors (Lipinski definition) is 1. The topological polar surface area (TPSA) is 29.5 Å². The quantitative estimate of drug-likeness (QED) is 0.831. The van der Waals surface area contributed by atoms with Gasteiger partial charge in [0.05, 0.1) is 0 Å². The molecular weight excluding hydrogens is 286 g/mol. The number of terminal acetylenes is 1. The molecule has 0 radical (unpaired) electrons. The van der Waals surface area contributed by atoms with Crippen LogP contribution < -0.4 is 4.74 Å². The lowest BCUT2D eigenvalue weighted by Gasteiger charge is -2.22. The van der Waals surface area contributed by atoms with Crippen LogP contribution in [0.15, 0.2) is 42.5 Å². The predicted octanol–water partition coefficient (Wildman–Crippen LogP) is 4.38. The van der Waals surface area contributed by atoms with Crippen LogP contribution in [0, 0.1) is 24.0 Å². The molecule has 2 aromatic carbocycles. The maximum Gasteiger partial charge on any atom is 0.168 e. The van der Waals surface area contributed by atoms with Gasteiger partial charge in [0.15, 0.2) is 17.2 Å². The van der Waals surface area contributed by atoms with Gasteiger partial charge >= 0.3 is 0 Å². The SMILES string of the molecule is C#CC(O)(CCC)c1ccc(Oc2ccc(F)cc2F)cc1. The normalized spacial score (nSPS) is 13.2. The third kappa shape index (κ3) is 3.44. The Morgan fingerprint density at radius 3 is 2.41 bits per heavy atom. The Bertz CT molecular complexity index is 689. The average Bonchev–Trinajstić information content (AvgIpc) is 2.51. The molecule has 0 saturated heterocycles. The van der Waals surface area contributed by atoms with Crippen LogP contribution >= 0.6 is 0 Å². The Labute approximate surface area is 128 Å². The van der Waals surface area contributed by atoms with Crippen molar-refractivity contribution >= 4 is 0 Å². The molecule has 1 unspecified atom stereocenters. The molecule has 1 N–H and O–H groups in total. The third-order valence-corrected chi connectivity index (χ3v) is 3.30. The van der Waals surface area contributed by atoms with Gasteiger partial charge in [-0.1, -0.05) is 31.4 Å². The molecule has 0 aromatic heterocycles. The molecule has 2 aromatic rings. The maximum absolute atomic E-state index is 13.5. The van der Waals surface area contributed by atoms with Crippen molar-refractivity contribution in [3.63, 3.8) is 0 Å². The summed E-state index contributed by atoms with van der Waals surface area (Å²) in [6.45, 7) is 1.93. The van der Waals surface area contributed by atoms with E-state index < -0.39 is 17.2 Å². The molecule has 0 saturated carbocycles. The molecule has 2 rings (SSSR count). The number of aliphatic hydroxyl groups is 1. The summed E-state index contributed by atoms with van der Waals surface area (Å²) in [6.07, 6.45) is 6.58. The second-order valence-electron chi connectivity index (χ2n) is 4.96. The summed E-state index contributed by atoms with van der Waals surface area (Å²) in [5, 5.41) is 10.4. The Kier molecular flexibility index (Phi) is 4.79. The van der Waals surface area contributed by atoms with Crippen LogP contribution in [0.3, 0.4) is 0 Å². The van der Waals surface area contributed by atoms with Crippen molar-refractivity contribution in [2.75, 3.05) is 0 Å². The maximum atomic E-state index is 13.5. The van der Waals surface area contributed by atoms with Crippen LogP contribution in [0.4, 0.5) is 8.78 Å². The second-order valence-corrected chi connectivity index (χ2v) is 4.96. The minimum atomic E-state index is -1.32. The van der Waals surface area contributed by atoms with Gasteiger partial charge in [0, 0.05) is 6.07 Å². The molecule has 0 amide bonds. The van der Waals surface area contributed by atoms with E-state index in [0.29, 0.717) is 17.7 Å². The number of rotatable bonds is 5. The fourth-order valence-corrected chi connectivity index (χ4v) is 2.15. The average molecular weight is 302 g/mol. The Morgan fingerprint density at radius 1 is 1.18 bits per heavy atom. The van der Waals surface area contributed by atoms with Gasteiger partial charge in [0.2, 0.25) is 0 Å². The highest BCUT2D eigenvalue weighted by atomic mass is 19.1. The summed E-state index contributed by atoms with van der Waals surface area (Å²) in [5.41, 5.74) is -0.752. The van der Waals surface area contributed by atoms with Gasteiger partial charge in [-0.25, -0.2) is 8.78 Å². The van der Waals surface area contributed by atoms with E-state index in [0.717, 1.165) is 18.6 Å². The number of hydrogen-bond acceptors (Lipinski definition) is 2. The highest BCUT2D eigenvalue weighted by Gasteiger charge is 2.25. The molecule has 0 fully saturated rings. The molecule has 2 nitrogen and oxygen atoms in total. The van der Waals surface area contributed by atoms with Crippen molar-refractivity contribution in [2.45, 2.75) is 25.4 Å². The van der Waals surface area contributed by atoms with Crippen LogP contribution in [-0.2, 0) is 5.60 Å². The summed E-state index contributed by atoms with van der Waals surface area (Å²) < 4.78 is 31.7. The van der Waals surface area contributed by atoms with Crippen LogP contribution in [0.5, 0.6) is 11.5 Å². The molecule has 1 atom stereocenters. The van der Waals surface area contributed by atoms with E-state index in [1.54, 1.807) is 24.3 Å². The smallest absolute Gasteiger partial charge is 0.168 e. The van der Waals surface area contributed by atoms with Crippen LogP contribution in [0.1, 0.15) is 25.3 Å². The lowest BCUT2D eigenvalue weighted by atomic mass is 9.90. The predicted molar refractivity (Wildman–Crippen MR) is 80.5 cm³/mol. The molecule has 114 valence electrons. The summed E-state index contributed by atoms with van der Waals surface area (Å²) in [6, 6.07) is 9.51. The van der Waals surface area contributed by atoms with Gasteiger partial charge in [0.25, 0.3) is 0 Å². The first-order valence-electron chi connectivity index (χ1n) is 6.92. The molecule has 0 aliphatic heterocycles. The molecule has 4 heteroatoms. The fraction of sp³-hybridized carbons (Fsp3) is 0.222. The van der Waals surface area contributed by atoms with E-state index in [2.05, 4.69) is 5.92 Å². The Morgan fingerprint density at radius 2 is 1.86 bits per heavy atom. The minimum absolute atomic E-state index is 0.0741. The molecular formula is C18H16F2O2. The zero-order chi connectivity index (χ0) is 16.2.